The van der Waals surface area contributed by atoms with Gasteiger partial charge in [0.25, 0.3) is 0 Å². The number of Topliss-reactive ketones (excluding diaryl/α,β-unsaturated/α-hetero) is 1. The molecule has 1 aliphatic rings. The lowest BCUT2D eigenvalue weighted by molar-refractivity contribution is -0.614. The first-order chi connectivity index (χ1) is 17.8. The summed E-state index contributed by atoms with van der Waals surface area (Å²) in [5.41, 5.74) is -2.98. The highest BCUT2D eigenvalue weighted by atomic mass is 35.5. The van der Waals surface area contributed by atoms with E-state index in [2.05, 4.69) is 6.07 Å². The number of aromatic carboxylic acids is 1. The number of aromatic nitrogens is 1. The summed E-state index contributed by atoms with van der Waals surface area (Å²) in [4.78, 5) is 24.4. The molecule has 1 N–H and O–H groups in total. The number of benzene rings is 2. The minimum atomic E-state index is -4.92. The molecule has 1 aliphatic carbocycles. The van der Waals surface area contributed by atoms with E-state index in [4.69, 9.17) is 16.7 Å². The van der Waals surface area contributed by atoms with Gasteiger partial charge in [-0.3, -0.25) is 4.79 Å². The number of carbonyl (C=O) groups excluding carboxylic acids is 1. The summed E-state index contributed by atoms with van der Waals surface area (Å²) in [6.45, 7) is 0. The first kappa shape index (κ1) is 27.1. The van der Waals surface area contributed by atoms with Crippen molar-refractivity contribution in [3.8, 4) is 17.2 Å². The Hall–Kier alpha value is -3.97. The van der Waals surface area contributed by atoms with Crippen LogP contribution in [0.4, 0.5) is 17.6 Å². The van der Waals surface area contributed by atoms with Gasteiger partial charge in [0.1, 0.15) is 11.7 Å². The van der Waals surface area contributed by atoms with E-state index in [9.17, 15) is 37.6 Å². The predicted octanol–water partition coefficient (Wildman–Crippen LogP) is 6.09. The zero-order chi connectivity index (χ0) is 27.8. The van der Waals surface area contributed by atoms with E-state index in [-0.39, 0.29) is 34.4 Å². The second-order valence-electron chi connectivity index (χ2n) is 9.24. The fraction of sp³-hybridized carbons (Fsp3) is 0.259. The lowest BCUT2D eigenvalue weighted by atomic mass is 9.84. The Balaban J connectivity index is 1.72. The molecular weight excluding hydrogens is 528 g/mol. The third-order valence-corrected chi connectivity index (χ3v) is 6.94. The Bertz CT molecular complexity index is 1460. The molecule has 6 nitrogen and oxygen atoms in total. The van der Waals surface area contributed by atoms with Crippen molar-refractivity contribution in [2.75, 3.05) is 0 Å². The summed E-state index contributed by atoms with van der Waals surface area (Å²) in [5, 5.41) is 31.1. The highest BCUT2D eigenvalue weighted by Crippen LogP contribution is 2.52. The summed E-state index contributed by atoms with van der Waals surface area (Å²) in [6.07, 6.45) is -3.26. The molecule has 11 heteroatoms. The number of carboxylic acids is 1. The number of nitrogens with zero attached hydrogens (tertiary/aromatic N) is 2. The molecule has 1 aromatic heterocycles. The number of carboxylic acid groups (broad SMARTS) is 1. The van der Waals surface area contributed by atoms with Gasteiger partial charge in [0, 0.05) is 18.1 Å². The Morgan fingerprint density at radius 1 is 1.13 bits per heavy atom. The van der Waals surface area contributed by atoms with Gasteiger partial charge in [-0.05, 0) is 55.2 Å². The van der Waals surface area contributed by atoms with E-state index in [0.29, 0.717) is 24.5 Å². The molecule has 4 rings (SSSR count). The van der Waals surface area contributed by atoms with E-state index in [0.717, 1.165) is 24.4 Å². The van der Waals surface area contributed by atoms with Gasteiger partial charge < -0.3 is 10.3 Å². The third-order valence-electron chi connectivity index (χ3n) is 6.64. The van der Waals surface area contributed by atoms with Crippen LogP contribution in [-0.4, -0.2) is 16.9 Å². The highest BCUT2D eigenvalue weighted by Gasteiger charge is 2.48. The number of halogens is 5. The molecule has 0 bridgehead atoms. The first-order valence-corrected chi connectivity index (χ1v) is 11.8. The van der Waals surface area contributed by atoms with Crippen LogP contribution >= 0.6 is 11.6 Å². The molecule has 1 saturated carbocycles. The van der Waals surface area contributed by atoms with Gasteiger partial charge >= 0.3 is 12.1 Å². The van der Waals surface area contributed by atoms with Crippen molar-refractivity contribution in [1.29, 1.82) is 5.26 Å². The zero-order valence-electron chi connectivity index (χ0n) is 19.6. The van der Waals surface area contributed by atoms with Crippen LogP contribution in [0.1, 0.15) is 52.4 Å². The fourth-order valence-corrected chi connectivity index (χ4v) is 4.51. The lowest BCUT2D eigenvalue weighted by Crippen LogP contribution is -2.37. The number of ketones is 1. The third kappa shape index (κ3) is 5.48. The van der Waals surface area contributed by atoms with Gasteiger partial charge in [0.2, 0.25) is 5.69 Å². The number of nitriles is 1. The Labute approximate surface area is 219 Å². The first-order valence-electron chi connectivity index (χ1n) is 11.4. The lowest BCUT2D eigenvalue weighted by Gasteiger charge is -2.19. The molecular formula is C27H19ClF4N2O4. The minimum absolute atomic E-state index is 0.0243. The van der Waals surface area contributed by atoms with Crippen LogP contribution in [0.25, 0.3) is 11.1 Å². The van der Waals surface area contributed by atoms with Crippen LogP contribution in [0, 0.1) is 27.8 Å². The van der Waals surface area contributed by atoms with Gasteiger partial charge in [-0.25, -0.2) is 9.18 Å². The topological polar surface area (TPSA) is 105 Å². The highest BCUT2D eigenvalue weighted by molar-refractivity contribution is 6.31. The molecule has 0 aliphatic heterocycles. The maximum atomic E-state index is 14.7. The minimum Gasteiger partial charge on any atom is -0.618 e. The van der Waals surface area contributed by atoms with Crippen LogP contribution in [0.2, 0.25) is 5.02 Å². The number of rotatable bonds is 8. The molecule has 1 fully saturated rings. The molecule has 0 saturated heterocycles. The average molecular weight is 547 g/mol. The second-order valence-corrected chi connectivity index (χ2v) is 9.65. The van der Waals surface area contributed by atoms with Gasteiger partial charge in [-0.1, -0.05) is 23.7 Å². The molecule has 0 amide bonds. The second kappa shape index (κ2) is 10.1. The van der Waals surface area contributed by atoms with Gasteiger partial charge in [-0.2, -0.15) is 23.2 Å². The van der Waals surface area contributed by atoms with Gasteiger partial charge in [0.05, 0.1) is 33.2 Å². The Kier molecular flexibility index (Phi) is 7.17. The molecule has 1 atom stereocenters. The summed E-state index contributed by atoms with van der Waals surface area (Å²) < 4.78 is 55.6. The fourth-order valence-electron chi connectivity index (χ4n) is 4.36. The van der Waals surface area contributed by atoms with Crippen LogP contribution in [0.5, 0.6) is 0 Å². The monoisotopic (exact) mass is 546 g/mol. The average Bonchev–Trinajstić information content (AvgIpc) is 3.64. The van der Waals surface area contributed by atoms with Crippen LogP contribution in [0.15, 0.2) is 54.7 Å². The van der Waals surface area contributed by atoms with Crippen molar-refractivity contribution < 1.29 is 37.0 Å². The smallest absolute Gasteiger partial charge is 0.417 e. The number of hydrogen-bond donors (Lipinski definition) is 1. The molecule has 38 heavy (non-hydrogen) atoms. The van der Waals surface area contributed by atoms with Crippen molar-refractivity contribution in [3.63, 3.8) is 0 Å². The van der Waals surface area contributed by atoms with Crippen LogP contribution < -0.4 is 4.73 Å². The van der Waals surface area contributed by atoms with E-state index in [1.165, 1.54) is 24.3 Å². The normalized spacial score (nSPS) is 14.9. The van der Waals surface area contributed by atoms with Crippen molar-refractivity contribution in [2.24, 2.45) is 5.41 Å². The summed E-state index contributed by atoms with van der Waals surface area (Å²) in [7, 11) is 0. The van der Waals surface area contributed by atoms with Crippen LogP contribution in [0.3, 0.4) is 0 Å². The molecule has 1 heterocycles. The molecule has 3 aromatic rings. The van der Waals surface area contributed by atoms with Crippen molar-refractivity contribution >= 4 is 23.4 Å². The molecule has 0 spiro atoms. The number of pyridine rings is 1. The summed E-state index contributed by atoms with van der Waals surface area (Å²) in [6, 6.07) is 11.4. The number of hydrogen-bond acceptors (Lipinski definition) is 4. The van der Waals surface area contributed by atoms with Gasteiger partial charge in [-0.15, -0.1) is 0 Å². The van der Waals surface area contributed by atoms with Crippen LogP contribution in [-0.2, 0) is 17.4 Å². The maximum absolute atomic E-state index is 14.7. The van der Waals surface area contributed by atoms with E-state index >= 15 is 0 Å². The van der Waals surface area contributed by atoms with Crippen molar-refractivity contribution in [3.05, 3.63) is 93.2 Å². The maximum Gasteiger partial charge on any atom is 0.417 e. The molecule has 1 unspecified atom stereocenters. The molecule has 0 radical (unpaired) electrons. The number of alkyl halides is 3. The molecule has 196 valence electrons. The zero-order valence-corrected chi connectivity index (χ0v) is 20.3. The van der Waals surface area contributed by atoms with E-state index < -0.39 is 51.2 Å². The Morgan fingerprint density at radius 2 is 1.79 bits per heavy atom. The van der Waals surface area contributed by atoms with E-state index in [1.807, 2.05) is 0 Å². The number of carbonyl (C=O) groups is 2. The van der Waals surface area contributed by atoms with Crippen molar-refractivity contribution in [2.45, 2.75) is 37.8 Å². The van der Waals surface area contributed by atoms with Gasteiger partial charge in [0.15, 0.2) is 12.0 Å². The quantitative estimate of drug-likeness (QED) is 0.209. The summed E-state index contributed by atoms with van der Waals surface area (Å²) >= 11 is 5.71. The SMILES string of the molecule is N#CC1(CC(C(=O)Cc2ccc(C(=O)O)cc2)c2ccc(-c3c(C(F)(F)F)ccc(Cl)c3F)c[n+]2[O-])CC1. The largest absolute Gasteiger partial charge is 0.618 e. The molecule has 2 aromatic carbocycles. The Morgan fingerprint density at radius 3 is 2.32 bits per heavy atom. The standard InChI is InChI=1S/C27H19ClF4N2O4/c28-20-7-6-19(27(30,31)32)23(24(20)29)17-5-8-21(34(38)13-17)18(12-26(14-33)9-10-26)22(35)11-15-1-3-16(4-2-15)25(36)37/h1-8,13,18H,9-12H2,(H,36,37). The van der Waals surface area contributed by atoms with E-state index in [1.54, 1.807) is 0 Å². The predicted molar refractivity (Wildman–Crippen MR) is 128 cm³/mol. The van der Waals surface area contributed by atoms with Crippen molar-refractivity contribution in [1.82, 2.24) is 0 Å². The summed E-state index contributed by atoms with van der Waals surface area (Å²) in [5.74, 6) is -3.98.